The number of hydrogen-bond donors (Lipinski definition) is 2. The van der Waals surface area contributed by atoms with E-state index < -0.39 is 0 Å². The van der Waals surface area contributed by atoms with Crippen LogP contribution in [-0.4, -0.2) is 39.6 Å². The lowest BCUT2D eigenvalue weighted by atomic mass is 9.93. The van der Waals surface area contributed by atoms with Crippen molar-refractivity contribution < 1.29 is 0 Å². The minimum atomic E-state index is 0.740. The molecule has 96 valence electrons. The molecule has 3 heterocycles. The number of anilines is 1. The van der Waals surface area contributed by atoms with Gasteiger partial charge in [0.1, 0.15) is 11.8 Å². The molecular weight excluding hydrogens is 228 g/mol. The smallest absolute Gasteiger partial charge is 0.182 e. The van der Waals surface area contributed by atoms with Crippen LogP contribution in [0.2, 0.25) is 0 Å². The van der Waals surface area contributed by atoms with E-state index >= 15 is 0 Å². The highest BCUT2D eigenvalue weighted by Crippen LogP contribution is 2.26. The molecule has 0 radical (unpaired) electrons. The molecular formula is C12H18N6. The zero-order chi connectivity index (χ0) is 12.4. The van der Waals surface area contributed by atoms with E-state index in [1.165, 1.54) is 12.8 Å². The van der Waals surface area contributed by atoms with Gasteiger partial charge >= 0.3 is 0 Å². The molecule has 6 heteroatoms. The first-order chi connectivity index (χ1) is 8.88. The maximum atomic E-state index is 5.62. The molecule has 0 saturated carbocycles. The normalized spacial score (nSPS) is 17.5. The second-order valence-corrected chi connectivity index (χ2v) is 4.81. The van der Waals surface area contributed by atoms with Gasteiger partial charge in [-0.15, -0.1) is 0 Å². The molecule has 1 fully saturated rings. The number of piperidine rings is 1. The van der Waals surface area contributed by atoms with Crippen LogP contribution in [0.5, 0.6) is 0 Å². The van der Waals surface area contributed by atoms with Gasteiger partial charge in [-0.1, -0.05) is 0 Å². The minimum Gasteiger partial charge on any atom is -0.355 e. The van der Waals surface area contributed by atoms with Crippen molar-refractivity contribution in [2.75, 3.05) is 24.5 Å². The Morgan fingerprint density at radius 2 is 2.11 bits per heavy atom. The third-order valence-corrected chi connectivity index (χ3v) is 3.69. The van der Waals surface area contributed by atoms with Crippen molar-refractivity contribution in [3.63, 3.8) is 0 Å². The molecule has 6 nitrogen and oxygen atoms in total. The van der Waals surface area contributed by atoms with Crippen molar-refractivity contribution >= 4 is 17.0 Å². The number of aromatic nitrogens is 4. The number of nitrogens with two attached hydrogens (primary N) is 1. The summed E-state index contributed by atoms with van der Waals surface area (Å²) in [5, 5.41) is 0. The van der Waals surface area contributed by atoms with Crippen LogP contribution in [0.4, 0.5) is 5.82 Å². The monoisotopic (exact) mass is 246 g/mol. The molecule has 0 bridgehead atoms. The Morgan fingerprint density at radius 1 is 1.28 bits per heavy atom. The van der Waals surface area contributed by atoms with E-state index in [2.05, 4.69) is 24.8 Å². The number of nitrogens with zero attached hydrogens (tertiary/aromatic N) is 4. The SMILES string of the molecule is NCCC1CCN(c2ncnc3nc[nH]c23)CC1. The van der Waals surface area contributed by atoms with Crippen molar-refractivity contribution in [3.05, 3.63) is 12.7 Å². The zero-order valence-corrected chi connectivity index (χ0v) is 10.3. The standard InChI is InChI=1S/C12H18N6/c13-4-1-9-2-5-18(6-3-9)12-10-11(15-7-14-10)16-8-17-12/h7-9H,1-6,13H2,(H,14,15,16,17). The third-order valence-electron chi connectivity index (χ3n) is 3.69. The van der Waals surface area contributed by atoms with Gasteiger partial charge in [-0.2, -0.15) is 0 Å². The molecule has 1 aliphatic rings. The number of aromatic amines is 1. The molecule has 3 rings (SSSR count). The lowest BCUT2D eigenvalue weighted by molar-refractivity contribution is 0.385. The molecule has 2 aromatic heterocycles. The second kappa shape index (κ2) is 4.89. The molecule has 0 amide bonds. The summed E-state index contributed by atoms with van der Waals surface area (Å²) in [7, 11) is 0. The maximum Gasteiger partial charge on any atom is 0.182 e. The molecule has 2 aromatic rings. The summed E-state index contributed by atoms with van der Waals surface area (Å²) in [6, 6.07) is 0. The highest BCUT2D eigenvalue weighted by atomic mass is 15.2. The molecule has 1 saturated heterocycles. The first-order valence-electron chi connectivity index (χ1n) is 6.47. The highest BCUT2D eigenvalue weighted by molar-refractivity contribution is 5.82. The Bertz CT molecular complexity index is 514. The first kappa shape index (κ1) is 11.4. The van der Waals surface area contributed by atoms with E-state index in [1.807, 2.05) is 0 Å². The van der Waals surface area contributed by atoms with Crippen molar-refractivity contribution in [2.45, 2.75) is 19.3 Å². The summed E-state index contributed by atoms with van der Waals surface area (Å²) in [6.07, 6.45) is 6.78. The van der Waals surface area contributed by atoms with Crippen molar-refractivity contribution in [1.82, 2.24) is 19.9 Å². The van der Waals surface area contributed by atoms with Gasteiger partial charge in [0, 0.05) is 13.1 Å². The molecule has 0 unspecified atom stereocenters. The average Bonchev–Trinajstić information content (AvgIpc) is 2.88. The van der Waals surface area contributed by atoms with Crippen molar-refractivity contribution in [3.8, 4) is 0 Å². The summed E-state index contributed by atoms with van der Waals surface area (Å²) >= 11 is 0. The summed E-state index contributed by atoms with van der Waals surface area (Å²) in [5.41, 5.74) is 7.30. The molecule has 0 aromatic carbocycles. The van der Waals surface area contributed by atoms with Gasteiger partial charge in [0.25, 0.3) is 0 Å². The summed E-state index contributed by atoms with van der Waals surface area (Å²) < 4.78 is 0. The summed E-state index contributed by atoms with van der Waals surface area (Å²) in [4.78, 5) is 18.1. The van der Waals surface area contributed by atoms with Gasteiger partial charge in [-0.25, -0.2) is 15.0 Å². The van der Waals surface area contributed by atoms with E-state index in [-0.39, 0.29) is 0 Å². The van der Waals surface area contributed by atoms with E-state index in [0.29, 0.717) is 0 Å². The van der Waals surface area contributed by atoms with Crippen LogP contribution in [0, 0.1) is 5.92 Å². The number of rotatable bonds is 3. The molecule has 0 aliphatic carbocycles. The second-order valence-electron chi connectivity index (χ2n) is 4.81. The number of H-pyrrole nitrogens is 1. The Hall–Kier alpha value is -1.69. The van der Waals surface area contributed by atoms with Crippen LogP contribution < -0.4 is 10.6 Å². The first-order valence-corrected chi connectivity index (χ1v) is 6.47. The van der Waals surface area contributed by atoms with Gasteiger partial charge in [0.15, 0.2) is 11.5 Å². The molecule has 1 aliphatic heterocycles. The van der Waals surface area contributed by atoms with Crippen molar-refractivity contribution in [1.29, 1.82) is 0 Å². The Labute approximate surface area is 106 Å². The lowest BCUT2D eigenvalue weighted by Crippen LogP contribution is -2.35. The van der Waals surface area contributed by atoms with Crippen LogP contribution in [0.1, 0.15) is 19.3 Å². The fraction of sp³-hybridized carbons (Fsp3) is 0.583. The zero-order valence-electron chi connectivity index (χ0n) is 10.3. The average molecular weight is 246 g/mol. The van der Waals surface area contributed by atoms with Gasteiger partial charge in [0.05, 0.1) is 6.33 Å². The number of hydrogen-bond acceptors (Lipinski definition) is 5. The summed E-state index contributed by atoms with van der Waals surface area (Å²) in [5.74, 6) is 1.74. The van der Waals surface area contributed by atoms with Gasteiger partial charge in [-0.3, -0.25) is 0 Å². The largest absolute Gasteiger partial charge is 0.355 e. The Balaban J connectivity index is 1.78. The lowest BCUT2D eigenvalue weighted by Gasteiger charge is -2.32. The minimum absolute atomic E-state index is 0.740. The number of nitrogens with one attached hydrogen (secondary N) is 1. The van der Waals surface area contributed by atoms with E-state index in [1.54, 1.807) is 12.7 Å². The molecule has 3 N–H and O–H groups in total. The van der Waals surface area contributed by atoms with Crippen LogP contribution in [0.25, 0.3) is 11.2 Å². The van der Waals surface area contributed by atoms with E-state index in [9.17, 15) is 0 Å². The van der Waals surface area contributed by atoms with Crippen molar-refractivity contribution in [2.24, 2.45) is 11.7 Å². The molecule has 0 spiro atoms. The van der Waals surface area contributed by atoms with E-state index in [0.717, 1.165) is 49.0 Å². The predicted molar refractivity (Wildman–Crippen MR) is 70.3 cm³/mol. The van der Waals surface area contributed by atoms with Gasteiger partial charge < -0.3 is 15.6 Å². The Kier molecular flexibility index (Phi) is 3.10. The third kappa shape index (κ3) is 2.03. The fourth-order valence-corrected chi connectivity index (χ4v) is 2.66. The predicted octanol–water partition coefficient (Wildman–Crippen LogP) is 0.918. The topological polar surface area (TPSA) is 83.7 Å². The van der Waals surface area contributed by atoms with Crippen LogP contribution >= 0.6 is 0 Å². The fourth-order valence-electron chi connectivity index (χ4n) is 2.66. The highest BCUT2D eigenvalue weighted by Gasteiger charge is 2.21. The van der Waals surface area contributed by atoms with Crippen LogP contribution in [0.3, 0.4) is 0 Å². The molecule has 0 atom stereocenters. The van der Waals surface area contributed by atoms with Crippen LogP contribution in [0.15, 0.2) is 12.7 Å². The van der Waals surface area contributed by atoms with Gasteiger partial charge in [0.2, 0.25) is 0 Å². The number of fused-ring (bicyclic) bond motifs is 1. The Morgan fingerprint density at radius 3 is 2.89 bits per heavy atom. The maximum absolute atomic E-state index is 5.62. The quantitative estimate of drug-likeness (QED) is 0.841. The number of imidazole rings is 1. The van der Waals surface area contributed by atoms with Gasteiger partial charge in [-0.05, 0) is 31.7 Å². The van der Waals surface area contributed by atoms with E-state index in [4.69, 9.17) is 5.73 Å². The molecule has 18 heavy (non-hydrogen) atoms. The summed E-state index contributed by atoms with van der Waals surface area (Å²) in [6.45, 7) is 2.87. The van der Waals surface area contributed by atoms with Crippen LogP contribution in [-0.2, 0) is 0 Å².